The monoisotopic (exact) mass is 219 g/mol. The summed E-state index contributed by atoms with van der Waals surface area (Å²) >= 11 is 0. The smallest absolute Gasteiger partial charge is 0.0650 e. The molecular weight excluding hydrogens is 198 g/mol. The minimum atomic E-state index is 0. The van der Waals surface area contributed by atoms with Gasteiger partial charge in [-0.2, -0.15) is 0 Å². The highest BCUT2D eigenvalue weighted by molar-refractivity contribution is 5.85. The predicted octanol–water partition coefficient (Wildman–Crippen LogP) is 2.39. The first-order chi connectivity index (χ1) is 6.29. The fourth-order valence-corrected chi connectivity index (χ4v) is 1.53. The molecule has 0 aliphatic carbocycles. The van der Waals surface area contributed by atoms with Gasteiger partial charge in [0.2, 0.25) is 0 Å². The number of piperidine rings is 1. The van der Waals surface area contributed by atoms with E-state index >= 15 is 0 Å². The number of nitrogens with one attached hydrogen (secondary N) is 1. The van der Waals surface area contributed by atoms with Gasteiger partial charge in [-0.3, -0.25) is 0 Å². The Morgan fingerprint density at radius 3 is 2.86 bits per heavy atom. The summed E-state index contributed by atoms with van der Waals surface area (Å²) in [5, 5.41) is 3.39. The third-order valence-corrected chi connectivity index (χ3v) is 2.36. The van der Waals surface area contributed by atoms with Crippen LogP contribution in [0.3, 0.4) is 0 Å². The Kier molecular flexibility index (Phi) is 8.24. The molecule has 0 bridgehead atoms. The zero-order valence-electron chi connectivity index (χ0n) is 9.21. The number of halogens is 1. The maximum atomic E-state index is 5.57. The van der Waals surface area contributed by atoms with Crippen LogP contribution < -0.4 is 5.32 Å². The molecule has 1 atom stereocenters. The lowest BCUT2D eigenvalue weighted by atomic mass is 10.0. The van der Waals surface area contributed by atoms with Crippen molar-refractivity contribution in [3.8, 4) is 0 Å². The van der Waals surface area contributed by atoms with E-state index in [9.17, 15) is 0 Å². The molecule has 0 aromatic rings. The lowest BCUT2D eigenvalue weighted by Crippen LogP contribution is -2.32. The Balaban J connectivity index is 0.00000169. The van der Waals surface area contributed by atoms with Crippen LogP contribution in [0.1, 0.15) is 26.7 Å². The first-order valence-corrected chi connectivity index (χ1v) is 5.21. The number of hydrogen-bond donors (Lipinski definition) is 1. The molecule has 0 spiro atoms. The van der Waals surface area contributed by atoms with E-state index in [1.54, 1.807) is 0 Å². The molecule has 84 valence electrons. The zero-order chi connectivity index (χ0) is 9.52. The zero-order valence-corrected chi connectivity index (χ0v) is 10.0. The van der Waals surface area contributed by atoms with Crippen LogP contribution in [0.5, 0.6) is 0 Å². The fraction of sp³-hybridized carbons (Fsp3) is 0.818. The van der Waals surface area contributed by atoms with Crippen LogP contribution in [-0.4, -0.2) is 26.3 Å². The van der Waals surface area contributed by atoms with Gasteiger partial charge in [0.25, 0.3) is 0 Å². The lowest BCUT2D eigenvalue weighted by molar-refractivity contribution is 0.111. The van der Waals surface area contributed by atoms with Crippen molar-refractivity contribution in [2.75, 3.05) is 26.3 Å². The first kappa shape index (κ1) is 13.9. The molecule has 1 aliphatic rings. The summed E-state index contributed by atoms with van der Waals surface area (Å²) in [6.07, 6.45) is 4.76. The van der Waals surface area contributed by atoms with Gasteiger partial charge in [0.1, 0.15) is 0 Å². The number of rotatable bonds is 4. The van der Waals surface area contributed by atoms with Gasteiger partial charge in [0.05, 0.1) is 13.2 Å². The van der Waals surface area contributed by atoms with E-state index < -0.39 is 0 Å². The van der Waals surface area contributed by atoms with E-state index in [-0.39, 0.29) is 12.4 Å². The molecule has 0 aromatic heterocycles. The van der Waals surface area contributed by atoms with E-state index in [1.807, 2.05) is 0 Å². The minimum absolute atomic E-state index is 0. The highest BCUT2D eigenvalue weighted by Gasteiger charge is 2.11. The van der Waals surface area contributed by atoms with E-state index in [2.05, 4.69) is 25.2 Å². The van der Waals surface area contributed by atoms with E-state index in [0.29, 0.717) is 0 Å². The lowest BCUT2D eigenvalue weighted by Gasteiger charge is -2.22. The maximum absolute atomic E-state index is 5.57. The highest BCUT2D eigenvalue weighted by Crippen LogP contribution is 2.09. The summed E-state index contributed by atoms with van der Waals surface area (Å²) in [5.41, 5.74) is 1.33. The Morgan fingerprint density at radius 1 is 1.50 bits per heavy atom. The Bertz CT molecular complexity index is 161. The van der Waals surface area contributed by atoms with Gasteiger partial charge in [0, 0.05) is 6.54 Å². The molecule has 2 nitrogen and oxygen atoms in total. The van der Waals surface area contributed by atoms with Gasteiger partial charge in [-0.1, -0.05) is 11.6 Å². The average molecular weight is 220 g/mol. The Morgan fingerprint density at radius 2 is 2.29 bits per heavy atom. The molecule has 1 rings (SSSR count). The van der Waals surface area contributed by atoms with Gasteiger partial charge in [-0.25, -0.2) is 0 Å². The molecule has 1 heterocycles. The van der Waals surface area contributed by atoms with Crippen LogP contribution in [0.4, 0.5) is 0 Å². The van der Waals surface area contributed by atoms with Crippen molar-refractivity contribution in [3.05, 3.63) is 11.6 Å². The molecular formula is C11H22ClNO. The van der Waals surface area contributed by atoms with Crippen molar-refractivity contribution in [2.24, 2.45) is 5.92 Å². The van der Waals surface area contributed by atoms with Crippen molar-refractivity contribution in [1.29, 1.82) is 0 Å². The summed E-state index contributed by atoms with van der Waals surface area (Å²) < 4.78 is 5.57. The van der Waals surface area contributed by atoms with Gasteiger partial charge in [-0.05, 0) is 39.2 Å². The fourth-order valence-electron chi connectivity index (χ4n) is 1.53. The van der Waals surface area contributed by atoms with Crippen LogP contribution in [0.25, 0.3) is 0 Å². The van der Waals surface area contributed by atoms with Crippen LogP contribution >= 0.6 is 12.4 Å². The average Bonchev–Trinajstić information content (AvgIpc) is 2.14. The molecule has 0 saturated carbocycles. The normalized spacial score (nSPS) is 21.1. The van der Waals surface area contributed by atoms with Crippen LogP contribution in [0.15, 0.2) is 11.6 Å². The summed E-state index contributed by atoms with van der Waals surface area (Å²) in [6.45, 7) is 8.21. The summed E-state index contributed by atoms with van der Waals surface area (Å²) in [7, 11) is 0. The van der Waals surface area contributed by atoms with Crippen LogP contribution in [0, 0.1) is 5.92 Å². The second-order valence-electron chi connectivity index (χ2n) is 4.03. The Hall–Kier alpha value is -0.0500. The first-order valence-electron chi connectivity index (χ1n) is 5.21. The number of hydrogen-bond acceptors (Lipinski definition) is 2. The molecule has 1 fully saturated rings. The second-order valence-corrected chi connectivity index (χ2v) is 4.03. The molecule has 0 aromatic carbocycles. The van der Waals surface area contributed by atoms with Crippen molar-refractivity contribution >= 4 is 12.4 Å². The van der Waals surface area contributed by atoms with Crippen LogP contribution in [-0.2, 0) is 4.74 Å². The Labute approximate surface area is 93.5 Å². The topological polar surface area (TPSA) is 21.3 Å². The quantitative estimate of drug-likeness (QED) is 0.579. The van der Waals surface area contributed by atoms with Gasteiger partial charge >= 0.3 is 0 Å². The largest absolute Gasteiger partial charge is 0.377 e. The van der Waals surface area contributed by atoms with Crippen molar-refractivity contribution in [3.63, 3.8) is 0 Å². The van der Waals surface area contributed by atoms with Crippen molar-refractivity contribution in [2.45, 2.75) is 26.7 Å². The van der Waals surface area contributed by atoms with Gasteiger partial charge < -0.3 is 10.1 Å². The van der Waals surface area contributed by atoms with Crippen LogP contribution in [0.2, 0.25) is 0 Å². The number of allylic oxidation sites excluding steroid dienone is 1. The SMILES string of the molecule is CC(C)=CCOCC1CCCNC1.Cl. The molecule has 1 unspecified atom stereocenters. The van der Waals surface area contributed by atoms with E-state index in [4.69, 9.17) is 4.74 Å². The molecule has 0 radical (unpaired) electrons. The summed E-state index contributed by atoms with van der Waals surface area (Å²) in [6, 6.07) is 0. The van der Waals surface area contributed by atoms with E-state index in [0.717, 1.165) is 25.7 Å². The summed E-state index contributed by atoms with van der Waals surface area (Å²) in [5.74, 6) is 0.735. The molecule has 0 amide bonds. The highest BCUT2D eigenvalue weighted by atomic mass is 35.5. The van der Waals surface area contributed by atoms with Crippen molar-refractivity contribution < 1.29 is 4.74 Å². The molecule has 14 heavy (non-hydrogen) atoms. The third-order valence-electron chi connectivity index (χ3n) is 2.36. The number of ether oxygens (including phenoxy) is 1. The summed E-state index contributed by atoms with van der Waals surface area (Å²) in [4.78, 5) is 0. The van der Waals surface area contributed by atoms with Crippen molar-refractivity contribution in [1.82, 2.24) is 5.32 Å². The molecule has 1 saturated heterocycles. The van der Waals surface area contributed by atoms with Gasteiger partial charge in [0.15, 0.2) is 0 Å². The maximum Gasteiger partial charge on any atom is 0.0650 e. The van der Waals surface area contributed by atoms with E-state index in [1.165, 1.54) is 25.0 Å². The predicted molar refractivity (Wildman–Crippen MR) is 63.1 cm³/mol. The molecule has 3 heteroatoms. The standard InChI is InChI=1S/C11H21NO.ClH/c1-10(2)5-7-13-9-11-4-3-6-12-8-11;/h5,11-12H,3-4,6-9H2,1-2H3;1H. The second kappa shape index (κ2) is 8.27. The third kappa shape index (κ3) is 6.41. The molecule has 1 N–H and O–H groups in total. The minimum Gasteiger partial charge on any atom is -0.377 e. The van der Waals surface area contributed by atoms with Gasteiger partial charge in [-0.15, -0.1) is 12.4 Å². The molecule has 1 aliphatic heterocycles.